The van der Waals surface area contributed by atoms with Gasteiger partial charge in [0.1, 0.15) is 0 Å². The Kier molecular flexibility index (Phi) is 3.46. The van der Waals surface area contributed by atoms with E-state index in [2.05, 4.69) is 5.92 Å². The Balaban J connectivity index is 2.60. The van der Waals surface area contributed by atoms with Gasteiger partial charge >= 0.3 is 0 Å². The molecule has 0 atom stereocenters. The van der Waals surface area contributed by atoms with E-state index < -0.39 is 0 Å². The molecule has 1 aliphatic heterocycles. The van der Waals surface area contributed by atoms with Crippen LogP contribution in [0.3, 0.4) is 0 Å². The highest BCUT2D eigenvalue weighted by atomic mass is 32.2. The lowest BCUT2D eigenvalue weighted by Gasteiger charge is -2.12. The monoisotopic (exact) mass is 213 g/mol. The molecular weight excluding hydrogens is 206 g/mol. The lowest BCUT2D eigenvalue weighted by Crippen LogP contribution is -2.32. The van der Waals surface area contributed by atoms with Gasteiger partial charge in [-0.15, -0.1) is 6.42 Å². The second-order valence-electron chi connectivity index (χ2n) is 2.38. The molecule has 68 valence electrons. The van der Waals surface area contributed by atoms with Gasteiger partial charge < -0.3 is 0 Å². The van der Waals surface area contributed by atoms with Crippen LogP contribution in [0.2, 0.25) is 0 Å². The zero-order valence-corrected chi connectivity index (χ0v) is 8.41. The maximum absolute atomic E-state index is 11.1. The van der Waals surface area contributed by atoms with E-state index in [0.717, 1.165) is 16.7 Å². The van der Waals surface area contributed by atoms with Crippen molar-refractivity contribution in [3.8, 4) is 12.3 Å². The second kappa shape index (κ2) is 4.40. The number of terminal acetylenes is 1. The summed E-state index contributed by atoms with van der Waals surface area (Å²) in [5.74, 6) is 2.32. The molecule has 0 saturated carbocycles. The number of rotatable bonds is 1. The highest BCUT2D eigenvalue weighted by molar-refractivity contribution is 8.23. The van der Waals surface area contributed by atoms with Crippen LogP contribution in [0.15, 0.2) is 0 Å². The Labute approximate surface area is 85.9 Å². The van der Waals surface area contributed by atoms with Gasteiger partial charge in [0.2, 0.25) is 11.8 Å². The van der Waals surface area contributed by atoms with Crippen molar-refractivity contribution in [2.45, 2.75) is 12.8 Å². The zero-order chi connectivity index (χ0) is 9.84. The van der Waals surface area contributed by atoms with Crippen LogP contribution in [-0.4, -0.2) is 26.8 Å². The third-order valence-corrected chi connectivity index (χ3v) is 2.79. The van der Waals surface area contributed by atoms with Crippen LogP contribution >= 0.6 is 24.0 Å². The van der Waals surface area contributed by atoms with Gasteiger partial charge in [0, 0.05) is 12.8 Å². The van der Waals surface area contributed by atoms with Crippen LogP contribution in [0.4, 0.5) is 0 Å². The van der Waals surface area contributed by atoms with Crippen LogP contribution in [0.1, 0.15) is 12.8 Å². The molecule has 1 saturated heterocycles. The highest BCUT2D eigenvalue weighted by Crippen LogP contribution is 2.18. The molecule has 0 radical (unpaired) electrons. The summed E-state index contributed by atoms with van der Waals surface area (Å²) in [5.41, 5.74) is 0. The van der Waals surface area contributed by atoms with Crippen LogP contribution in [0, 0.1) is 12.3 Å². The summed E-state index contributed by atoms with van der Waals surface area (Å²) < 4.78 is 0.269. The fourth-order valence-electron chi connectivity index (χ4n) is 0.948. The SMILES string of the molecule is C#CCSC(=S)N1C(=O)CCC1=O. The number of amides is 2. The molecular formula is C8H7NO2S2. The maximum atomic E-state index is 11.1. The number of hydrogen-bond acceptors (Lipinski definition) is 4. The summed E-state index contributed by atoms with van der Waals surface area (Å²) in [6.45, 7) is 0. The molecule has 0 spiro atoms. The number of likely N-dealkylation sites (tertiary alicyclic amines) is 1. The summed E-state index contributed by atoms with van der Waals surface area (Å²) in [5, 5.41) is 0. The van der Waals surface area contributed by atoms with E-state index in [1.807, 2.05) is 0 Å². The quantitative estimate of drug-likeness (QED) is 0.366. The molecule has 0 aromatic heterocycles. The number of carbonyl (C=O) groups excluding carboxylic acids is 2. The molecule has 13 heavy (non-hydrogen) atoms. The van der Waals surface area contributed by atoms with Crippen molar-refractivity contribution < 1.29 is 9.59 Å². The van der Waals surface area contributed by atoms with Gasteiger partial charge in [0.15, 0.2) is 4.32 Å². The van der Waals surface area contributed by atoms with E-state index >= 15 is 0 Å². The number of imide groups is 1. The minimum absolute atomic E-state index is 0.223. The molecule has 0 aromatic carbocycles. The van der Waals surface area contributed by atoms with Crippen LogP contribution in [0.5, 0.6) is 0 Å². The fourth-order valence-corrected chi connectivity index (χ4v) is 1.87. The average Bonchev–Trinajstić information content (AvgIpc) is 2.42. The molecule has 0 unspecified atom stereocenters. The first kappa shape index (κ1) is 10.2. The molecule has 0 N–H and O–H groups in total. The summed E-state index contributed by atoms with van der Waals surface area (Å²) in [6, 6.07) is 0. The Morgan fingerprint density at radius 3 is 2.54 bits per heavy atom. The predicted molar refractivity (Wildman–Crippen MR) is 55.0 cm³/mol. The van der Waals surface area contributed by atoms with E-state index in [1.54, 1.807) is 0 Å². The van der Waals surface area contributed by atoms with Crippen LogP contribution < -0.4 is 0 Å². The summed E-state index contributed by atoms with van der Waals surface area (Å²) in [7, 11) is 0. The van der Waals surface area contributed by atoms with Gasteiger partial charge in [-0.25, -0.2) is 4.90 Å². The largest absolute Gasteiger partial charge is 0.274 e. The van der Waals surface area contributed by atoms with E-state index in [0.29, 0.717) is 5.75 Å². The van der Waals surface area contributed by atoms with Crippen molar-refractivity contribution in [2.75, 3.05) is 5.75 Å². The zero-order valence-electron chi connectivity index (χ0n) is 6.78. The topological polar surface area (TPSA) is 37.4 Å². The van der Waals surface area contributed by atoms with E-state index in [4.69, 9.17) is 18.6 Å². The summed E-state index contributed by atoms with van der Waals surface area (Å²) in [6.07, 6.45) is 5.54. The first-order valence-corrected chi connectivity index (χ1v) is 5.02. The van der Waals surface area contributed by atoms with E-state index in [9.17, 15) is 9.59 Å². The van der Waals surface area contributed by atoms with Crippen molar-refractivity contribution in [3.63, 3.8) is 0 Å². The molecule has 5 heteroatoms. The van der Waals surface area contributed by atoms with E-state index in [1.165, 1.54) is 0 Å². The van der Waals surface area contributed by atoms with Gasteiger partial charge in [0.25, 0.3) is 0 Å². The van der Waals surface area contributed by atoms with Crippen molar-refractivity contribution in [1.82, 2.24) is 4.90 Å². The minimum atomic E-state index is -0.223. The molecule has 0 bridgehead atoms. The van der Waals surface area contributed by atoms with Gasteiger partial charge in [-0.05, 0) is 0 Å². The van der Waals surface area contributed by atoms with Gasteiger partial charge in [-0.2, -0.15) is 0 Å². The molecule has 1 fully saturated rings. The minimum Gasteiger partial charge on any atom is -0.274 e. The Morgan fingerprint density at radius 2 is 2.08 bits per heavy atom. The number of carbonyl (C=O) groups is 2. The Hall–Kier alpha value is -0.860. The van der Waals surface area contributed by atoms with Crippen molar-refractivity contribution >= 4 is 40.1 Å². The molecule has 2 amide bonds. The second-order valence-corrected chi connectivity index (χ2v) is 3.99. The standard InChI is InChI=1S/C8H7NO2S2/c1-2-5-13-8(12)9-6(10)3-4-7(9)11/h1H,3-5H2. The molecule has 1 rings (SSSR count). The molecule has 1 aliphatic rings. The van der Waals surface area contributed by atoms with Crippen LogP contribution in [0.25, 0.3) is 0 Å². The fraction of sp³-hybridized carbons (Fsp3) is 0.375. The molecule has 0 aliphatic carbocycles. The smallest absolute Gasteiger partial charge is 0.235 e. The summed E-state index contributed by atoms with van der Waals surface area (Å²) in [4.78, 5) is 23.3. The molecule has 0 aromatic rings. The maximum Gasteiger partial charge on any atom is 0.235 e. The van der Waals surface area contributed by atoms with Gasteiger partial charge in [-0.3, -0.25) is 9.59 Å². The molecule has 1 heterocycles. The first-order chi connectivity index (χ1) is 6.16. The van der Waals surface area contributed by atoms with Crippen molar-refractivity contribution in [3.05, 3.63) is 0 Å². The Bertz CT molecular complexity index is 290. The predicted octanol–water partition coefficient (Wildman–Crippen LogP) is 0.787. The third kappa shape index (κ3) is 2.29. The number of hydrogen-bond donors (Lipinski definition) is 0. The molecule has 3 nitrogen and oxygen atoms in total. The number of thioether (sulfide) groups is 1. The first-order valence-electron chi connectivity index (χ1n) is 3.63. The van der Waals surface area contributed by atoms with E-state index in [-0.39, 0.29) is 29.0 Å². The third-order valence-electron chi connectivity index (χ3n) is 1.51. The number of nitrogens with zero attached hydrogens (tertiary/aromatic N) is 1. The lowest BCUT2D eigenvalue weighted by atomic mass is 10.4. The van der Waals surface area contributed by atoms with Crippen molar-refractivity contribution in [1.29, 1.82) is 0 Å². The normalized spacial score (nSPS) is 16.1. The highest BCUT2D eigenvalue weighted by Gasteiger charge is 2.31. The number of thiocarbonyl (C=S) groups is 1. The Morgan fingerprint density at radius 1 is 1.54 bits per heavy atom. The van der Waals surface area contributed by atoms with Gasteiger partial charge in [0.05, 0.1) is 5.75 Å². The lowest BCUT2D eigenvalue weighted by molar-refractivity contribution is -0.133. The average molecular weight is 213 g/mol. The van der Waals surface area contributed by atoms with Crippen LogP contribution in [-0.2, 0) is 9.59 Å². The summed E-state index contributed by atoms with van der Waals surface area (Å²) >= 11 is 6.05. The van der Waals surface area contributed by atoms with Gasteiger partial charge in [-0.1, -0.05) is 29.9 Å². The van der Waals surface area contributed by atoms with Crippen molar-refractivity contribution in [2.24, 2.45) is 0 Å².